The molecule has 1 saturated carbocycles. The van der Waals surface area contributed by atoms with Crippen molar-refractivity contribution in [3.8, 4) is 11.5 Å². The smallest absolute Gasteiger partial charge is 0.307 e. The van der Waals surface area contributed by atoms with Gasteiger partial charge in [-0.3, -0.25) is 9.59 Å². The molecule has 1 aliphatic carbocycles. The summed E-state index contributed by atoms with van der Waals surface area (Å²) in [4.78, 5) is 23.9. The number of hydrogen-bond donors (Lipinski definition) is 1. The second kappa shape index (κ2) is 7.35. The van der Waals surface area contributed by atoms with Gasteiger partial charge in [0, 0.05) is 5.92 Å². The molecule has 0 spiro atoms. The van der Waals surface area contributed by atoms with Crippen LogP contribution in [-0.4, -0.2) is 33.2 Å². The van der Waals surface area contributed by atoms with Gasteiger partial charge in [-0.05, 0) is 30.0 Å². The number of rotatable bonds is 7. The zero-order chi connectivity index (χ0) is 17.0. The van der Waals surface area contributed by atoms with E-state index >= 15 is 0 Å². The number of carbonyl (C=O) groups is 2. The van der Waals surface area contributed by atoms with Crippen LogP contribution >= 0.6 is 0 Å². The third kappa shape index (κ3) is 4.15. The average molecular weight is 321 g/mol. The summed E-state index contributed by atoms with van der Waals surface area (Å²) in [5.74, 6) is 1.17. The van der Waals surface area contributed by atoms with Gasteiger partial charge in [0.1, 0.15) is 0 Å². The van der Waals surface area contributed by atoms with E-state index in [-0.39, 0.29) is 24.2 Å². The molecule has 0 aliphatic heterocycles. The highest BCUT2D eigenvalue weighted by Gasteiger charge is 2.40. The van der Waals surface area contributed by atoms with E-state index in [1.807, 2.05) is 13.0 Å². The van der Waals surface area contributed by atoms with Crippen molar-refractivity contribution in [1.29, 1.82) is 0 Å². The summed E-state index contributed by atoms with van der Waals surface area (Å²) < 4.78 is 15.2. The Morgan fingerprint density at radius 2 is 1.87 bits per heavy atom. The Morgan fingerprint density at radius 3 is 2.39 bits per heavy atom. The van der Waals surface area contributed by atoms with E-state index in [4.69, 9.17) is 14.2 Å². The molecule has 1 N–H and O–H groups in total. The highest BCUT2D eigenvalue weighted by Crippen LogP contribution is 2.38. The predicted molar refractivity (Wildman–Crippen MR) is 84.3 cm³/mol. The first-order valence-electron chi connectivity index (χ1n) is 7.59. The Hall–Kier alpha value is -2.24. The number of carbonyl (C=O) groups excluding carboxylic acids is 2. The number of methoxy groups -OCH3 is 3. The van der Waals surface area contributed by atoms with Crippen molar-refractivity contribution in [1.82, 2.24) is 5.32 Å². The normalized spacial score (nSPS) is 20.3. The molecule has 1 fully saturated rings. The fourth-order valence-corrected chi connectivity index (χ4v) is 2.54. The lowest BCUT2D eigenvalue weighted by molar-refractivity contribution is -0.141. The van der Waals surface area contributed by atoms with E-state index < -0.39 is 6.04 Å². The van der Waals surface area contributed by atoms with Gasteiger partial charge in [0.05, 0.1) is 33.8 Å². The Kier molecular flexibility index (Phi) is 5.47. The van der Waals surface area contributed by atoms with Crippen molar-refractivity contribution in [2.75, 3.05) is 21.3 Å². The second-order valence-electron chi connectivity index (χ2n) is 5.78. The van der Waals surface area contributed by atoms with Gasteiger partial charge < -0.3 is 19.5 Å². The molecule has 2 rings (SSSR count). The zero-order valence-electron chi connectivity index (χ0n) is 13.9. The SMILES string of the molecule is COC(=O)C[C@H](NC(=O)[C@H]1C[C@H]1C)c1ccc(OC)c(OC)c1. The van der Waals surface area contributed by atoms with Gasteiger partial charge in [-0.1, -0.05) is 13.0 Å². The van der Waals surface area contributed by atoms with Crippen molar-refractivity contribution in [3.63, 3.8) is 0 Å². The maximum absolute atomic E-state index is 12.2. The van der Waals surface area contributed by atoms with E-state index in [9.17, 15) is 9.59 Å². The van der Waals surface area contributed by atoms with Crippen LogP contribution in [-0.2, 0) is 14.3 Å². The van der Waals surface area contributed by atoms with Crippen LogP contribution < -0.4 is 14.8 Å². The van der Waals surface area contributed by atoms with Crippen molar-refractivity contribution >= 4 is 11.9 Å². The molecule has 0 saturated heterocycles. The molecule has 23 heavy (non-hydrogen) atoms. The van der Waals surface area contributed by atoms with E-state index in [1.165, 1.54) is 7.11 Å². The van der Waals surface area contributed by atoms with Crippen molar-refractivity contribution in [2.45, 2.75) is 25.8 Å². The summed E-state index contributed by atoms with van der Waals surface area (Å²) in [7, 11) is 4.43. The summed E-state index contributed by atoms with van der Waals surface area (Å²) in [5, 5.41) is 2.94. The van der Waals surface area contributed by atoms with Gasteiger partial charge in [-0.15, -0.1) is 0 Å². The minimum absolute atomic E-state index is 0.0267. The summed E-state index contributed by atoms with van der Waals surface area (Å²) in [6, 6.07) is 4.88. The Morgan fingerprint density at radius 1 is 1.22 bits per heavy atom. The van der Waals surface area contributed by atoms with Gasteiger partial charge >= 0.3 is 5.97 Å². The number of hydrogen-bond acceptors (Lipinski definition) is 5. The van der Waals surface area contributed by atoms with Gasteiger partial charge in [-0.25, -0.2) is 0 Å². The second-order valence-corrected chi connectivity index (χ2v) is 5.78. The van der Waals surface area contributed by atoms with E-state index in [0.717, 1.165) is 12.0 Å². The van der Waals surface area contributed by atoms with Crippen LogP contribution in [0.15, 0.2) is 18.2 Å². The van der Waals surface area contributed by atoms with Crippen molar-refractivity contribution in [2.24, 2.45) is 11.8 Å². The van der Waals surface area contributed by atoms with Crippen LogP contribution in [0.3, 0.4) is 0 Å². The van der Waals surface area contributed by atoms with Crippen LogP contribution in [0.4, 0.5) is 0 Å². The number of nitrogens with one attached hydrogen (secondary N) is 1. The van der Waals surface area contributed by atoms with E-state index in [1.54, 1.807) is 26.4 Å². The average Bonchev–Trinajstić information content (AvgIpc) is 3.30. The van der Waals surface area contributed by atoms with Crippen LogP contribution in [0.1, 0.15) is 31.4 Å². The minimum Gasteiger partial charge on any atom is -0.493 e. The predicted octanol–water partition coefficient (Wildman–Crippen LogP) is 2.08. The maximum Gasteiger partial charge on any atom is 0.307 e. The lowest BCUT2D eigenvalue weighted by Gasteiger charge is -2.20. The largest absolute Gasteiger partial charge is 0.493 e. The fraction of sp³-hybridized carbons (Fsp3) is 0.529. The lowest BCUT2D eigenvalue weighted by atomic mass is 10.0. The summed E-state index contributed by atoms with van der Waals surface area (Å²) in [5.41, 5.74) is 0.773. The van der Waals surface area contributed by atoms with E-state index in [2.05, 4.69) is 5.32 Å². The number of ether oxygens (including phenoxy) is 3. The fourth-order valence-electron chi connectivity index (χ4n) is 2.54. The van der Waals surface area contributed by atoms with Crippen LogP contribution in [0.5, 0.6) is 11.5 Å². The molecule has 1 aromatic rings. The minimum atomic E-state index is -0.456. The maximum atomic E-state index is 12.2. The molecule has 1 aliphatic rings. The first-order valence-corrected chi connectivity index (χ1v) is 7.59. The molecule has 6 nitrogen and oxygen atoms in total. The van der Waals surface area contributed by atoms with Crippen LogP contribution in [0, 0.1) is 11.8 Å². The highest BCUT2D eigenvalue weighted by molar-refractivity contribution is 5.82. The zero-order valence-corrected chi connectivity index (χ0v) is 13.9. The van der Waals surface area contributed by atoms with Crippen molar-refractivity contribution in [3.05, 3.63) is 23.8 Å². The Bertz CT molecular complexity index is 586. The first kappa shape index (κ1) is 17.1. The molecular weight excluding hydrogens is 298 g/mol. The molecule has 1 aromatic carbocycles. The molecule has 1 amide bonds. The molecular formula is C17H23NO5. The first-order chi connectivity index (χ1) is 11.0. The third-order valence-electron chi connectivity index (χ3n) is 4.17. The van der Waals surface area contributed by atoms with E-state index in [0.29, 0.717) is 17.4 Å². The van der Waals surface area contributed by atoms with Gasteiger partial charge in [0.15, 0.2) is 11.5 Å². The Labute approximate surface area is 136 Å². The number of esters is 1. The lowest BCUT2D eigenvalue weighted by Crippen LogP contribution is -2.32. The molecule has 0 unspecified atom stereocenters. The van der Waals surface area contributed by atoms with Gasteiger partial charge in [-0.2, -0.15) is 0 Å². The third-order valence-corrected chi connectivity index (χ3v) is 4.17. The van der Waals surface area contributed by atoms with Gasteiger partial charge in [0.2, 0.25) is 5.91 Å². The van der Waals surface area contributed by atoms with Crippen molar-refractivity contribution < 1.29 is 23.8 Å². The van der Waals surface area contributed by atoms with Crippen LogP contribution in [0.25, 0.3) is 0 Å². The quantitative estimate of drug-likeness (QED) is 0.778. The molecule has 0 aromatic heterocycles. The van der Waals surface area contributed by atoms with Crippen LogP contribution in [0.2, 0.25) is 0 Å². The summed E-state index contributed by atoms with van der Waals surface area (Å²) in [6.07, 6.45) is 0.960. The number of amides is 1. The molecule has 126 valence electrons. The molecule has 0 radical (unpaired) electrons. The molecule has 3 atom stereocenters. The highest BCUT2D eigenvalue weighted by atomic mass is 16.5. The molecule has 0 bridgehead atoms. The molecule has 0 heterocycles. The summed E-state index contributed by atoms with van der Waals surface area (Å²) >= 11 is 0. The monoisotopic (exact) mass is 321 g/mol. The van der Waals surface area contributed by atoms with Gasteiger partial charge in [0.25, 0.3) is 0 Å². The molecule has 6 heteroatoms. The topological polar surface area (TPSA) is 73.9 Å². The Balaban J connectivity index is 2.21. The number of benzene rings is 1. The standard InChI is InChI=1S/C17H23NO5/c1-10-7-12(10)17(20)18-13(9-16(19)23-4)11-5-6-14(21-2)15(8-11)22-3/h5-6,8,10,12-13H,7,9H2,1-4H3,(H,18,20)/t10-,12+,13+/m1/s1. The summed E-state index contributed by atoms with van der Waals surface area (Å²) in [6.45, 7) is 2.04.